The molecule has 0 amide bonds. The summed E-state index contributed by atoms with van der Waals surface area (Å²) in [4.78, 5) is 31.5. The third-order valence-corrected chi connectivity index (χ3v) is 7.06. The van der Waals surface area contributed by atoms with Gasteiger partial charge in [-0.3, -0.25) is 9.36 Å². The van der Waals surface area contributed by atoms with Crippen LogP contribution in [0.5, 0.6) is 11.5 Å². The summed E-state index contributed by atoms with van der Waals surface area (Å²) in [5, 5.41) is 0. The predicted molar refractivity (Wildman–Crippen MR) is 144 cm³/mol. The molecule has 1 atom stereocenters. The average molecular weight is 531 g/mol. The van der Waals surface area contributed by atoms with Crippen molar-refractivity contribution in [3.8, 4) is 11.5 Å². The Morgan fingerprint density at radius 2 is 1.95 bits per heavy atom. The van der Waals surface area contributed by atoms with E-state index in [0.29, 0.717) is 38.9 Å². The molecule has 9 heteroatoms. The largest absolute Gasteiger partial charge is 0.493 e. The maximum Gasteiger partial charge on any atom is 0.338 e. The molecular weight excluding hydrogens is 504 g/mol. The summed E-state index contributed by atoms with van der Waals surface area (Å²) in [5.41, 5.74) is 2.29. The van der Waals surface area contributed by atoms with Gasteiger partial charge in [-0.2, -0.15) is 0 Å². The standard InChI is InChI=1S/C29H26N2O6S/c1-4-35-28(33)25-18(2)31-27(32)24(38-29(31)30-26(25)22-11-8-14-36-22)16-20-12-13-21(23(15-20)34-3)37-17-19-9-6-5-7-10-19/h5-16,26H,4,17H2,1-3H3/b24-16-/t26-/m1/s1. The number of hydrogen-bond donors (Lipinski definition) is 0. The first-order valence-corrected chi connectivity index (χ1v) is 12.9. The summed E-state index contributed by atoms with van der Waals surface area (Å²) in [6.07, 6.45) is 3.30. The lowest BCUT2D eigenvalue weighted by Gasteiger charge is -2.20. The van der Waals surface area contributed by atoms with Gasteiger partial charge in [0.25, 0.3) is 5.56 Å². The first kappa shape index (κ1) is 25.3. The Labute approximate surface area is 222 Å². The molecule has 0 aliphatic carbocycles. The fourth-order valence-corrected chi connectivity index (χ4v) is 5.29. The number of carbonyl (C=O) groups is 1. The Morgan fingerprint density at radius 3 is 2.66 bits per heavy atom. The van der Waals surface area contributed by atoms with Crippen molar-refractivity contribution in [2.45, 2.75) is 26.5 Å². The summed E-state index contributed by atoms with van der Waals surface area (Å²) in [7, 11) is 1.58. The van der Waals surface area contributed by atoms with E-state index in [0.717, 1.165) is 11.1 Å². The van der Waals surface area contributed by atoms with Crippen LogP contribution in [0.15, 0.2) is 86.7 Å². The van der Waals surface area contributed by atoms with Gasteiger partial charge >= 0.3 is 5.97 Å². The second-order valence-electron chi connectivity index (χ2n) is 8.48. The number of fused-ring (bicyclic) bond motifs is 1. The van der Waals surface area contributed by atoms with Gasteiger partial charge in [-0.25, -0.2) is 9.79 Å². The van der Waals surface area contributed by atoms with Crippen LogP contribution in [-0.4, -0.2) is 24.3 Å². The highest BCUT2D eigenvalue weighted by Crippen LogP contribution is 2.32. The highest BCUT2D eigenvalue weighted by atomic mass is 32.1. The number of benzene rings is 2. The zero-order chi connectivity index (χ0) is 26.6. The molecule has 194 valence electrons. The van der Waals surface area contributed by atoms with E-state index in [9.17, 15) is 9.59 Å². The zero-order valence-electron chi connectivity index (χ0n) is 21.2. The molecular formula is C29H26N2O6S. The zero-order valence-corrected chi connectivity index (χ0v) is 22.0. The Balaban J connectivity index is 1.53. The number of furan rings is 1. The van der Waals surface area contributed by atoms with Gasteiger partial charge in [-0.15, -0.1) is 0 Å². The number of esters is 1. The quantitative estimate of drug-likeness (QED) is 0.319. The van der Waals surface area contributed by atoms with E-state index in [-0.39, 0.29) is 17.7 Å². The van der Waals surface area contributed by atoms with Crippen molar-refractivity contribution in [3.63, 3.8) is 0 Å². The second-order valence-corrected chi connectivity index (χ2v) is 9.49. The van der Waals surface area contributed by atoms with Crippen LogP contribution in [0.25, 0.3) is 11.8 Å². The lowest BCUT2D eigenvalue weighted by atomic mass is 10.0. The molecule has 3 heterocycles. The minimum atomic E-state index is -0.698. The van der Waals surface area contributed by atoms with Gasteiger partial charge in [0.15, 0.2) is 16.3 Å². The van der Waals surface area contributed by atoms with Crippen molar-refractivity contribution in [1.29, 1.82) is 0 Å². The van der Waals surface area contributed by atoms with E-state index in [1.807, 2.05) is 48.5 Å². The highest BCUT2D eigenvalue weighted by molar-refractivity contribution is 7.07. The first-order valence-electron chi connectivity index (χ1n) is 12.1. The molecule has 1 aliphatic rings. The molecule has 2 aromatic carbocycles. The normalized spacial score (nSPS) is 15.1. The summed E-state index contributed by atoms with van der Waals surface area (Å²) in [6.45, 7) is 4.07. The predicted octanol–water partition coefficient (Wildman–Crippen LogP) is 4.09. The molecule has 0 spiro atoms. The van der Waals surface area contributed by atoms with E-state index in [1.54, 1.807) is 39.2 Å². The maximum atomic E-state index is 13.4. The van der Waals surface area contributed by atoms with Crippen molar-refractivity contribution in [3.05, 3.63) is 109 Å². The molecule has 4 aromatic rings. The van der Waals surface area contributed by atoms with Gasteiger partial charge in [-0.05, 0) is 55.3 Å². The fourth-order valence-electron chi connectivity index (χ4n) is 4.25. The minimum absolute atomic E-state index is 0.206. The summed E-state index contributed by atoms with van der Waals surface area (Å²) >= 11 is 1.24. The van der Waals surface area contributed by atoms with Crippen LogP contribution >= 0.6 is 11.3 Å². The molecule has 0 N–H and O–H groups in total. The maximum absolute atomic E-state index is 13.4. The van der Waals surface area contributed by atoms with Crippen LogP contribution in [0, 0.1) is 0 Å². The number of carbonyl (C=O) groups excluding carboxylic acids is 1. The molecule has 2 aromatic heterocycles. The lowest BCUT2D eigenvalue weighted by Crippen LogP contribution is -2.35. The Bertz CT molecular complexity index is 1670. The molecule has 0 bridgehead atoms. The summed E-state index contributed by atoms with van der Waals surface area (Å²) in [5.74, 6) is 1.13. The Hall–Kier alpha value is -4.37. The molecule has 8 nitrogen and oxygen atoms in total. The fraction of sp³-hybridized carbons (Fsp3) is 0.207. The lowest BCUT2D eigenvalue weighted by molar-refractivity contribution is -0.138. The Kier molecular flexibility index (Phi) is 7.28. The number of allylic oxidation sites excluding steroid dienone is 1. The van der Waals surface area contributed by atoms with Gasteiger partial charge in [0.2, 0.25) is 0 Å². The van der Waals surface area contributed by atoms with Gasteiger partial charge in [0.1, 0.15) is 18.4 Å². The molecule has 0 saturated heterocycles. The SMILES string of the molecule is CCOC(=O)C1=C(C)n2c(s/c(=C\c3ccc(OCc4ccccc4)c(OC)c3)c2=O)=N[C@@H]1c1ccco1. The number of rotatable bonds is 8. The van der Waals surface area contributed by atoms with E-state index >= 15 is 0 Å². The van der Waals surface area contributed by atoms with Gasteiger partial charge in [-0.1, -0.05) is 47.7 Å². The first-order chi connectivity index (χ1) is 18.5. The molecule has 0 fully saturated rings. The summed E-state index contributed by atoms with van der Waals surface area (Å²) in [6, 6.07) is 18.2. The average Bonchev–Trinajstić information content (AvgIpc) is 3.57. The van der Waals surface area contributed by atoms with Crippen LogP contribution in [-0.2, 0) is 16.1 Å². The third-order valence-electron chi connectivity index (χ3n) is 6.08. The summed E-state index contributed by atoms with van der Waals surface area (Å²) < 4.78 is 24.3. The van der Waals surface area contributed by atoms with Crippen molar-refractivity contribution < 1.29 is 23.4 Å². The number of methoxy groups -OCH3 is 1. The van der Waals surface area contributed by atoms with E-state index < -0.39 is 12.0 Å². The highest BCUT2D eigenvalue weighted by Gasteiger charge is 2.32. The molecule has 5 rings (SSSR count). The van der Waals surface area contributed by atoms with E-state index in [1.165, 1.54) is 22.2 Å². The molecule has 38 heavy (non-hydrogen) atoms. The van der Waals surface area contributed by atoms with Crippen LogP contribution in [0.1, 0.15) is 36.8 Å². The second kappa shape index (κ2) is 10.9. The van der Waals surface area contributed by atoms with Crippen molar-refractivity contribution in [1.82, 2.24) is 4.57 Å². The van der Waals surface area contributed by atoms with E-state index in [2.05, 4.69) is 0 Å². The van der Waals surface area contributed by atoms with Gasteiger partial charge in [0.05, 0.1) is 30.1 Å². The van der Waals surface area contributed by atoms with Crippen molar-refractivity contribution >= 4 is 29.1 Å². The van der Waals surface area contributed by atoms with Crippen molar-refractivity contribution in [2.75, 3.05) is 13.7 Å². The number of aromatic nitrogens is 1. The third kappa shape index (κ3) is 4.92. The topological polar surface area (TPSA) is 92.3 Å². The van der Waals surface area contributed by atoms with Crippen molar-refractivity contribution in [2.24, 2.45) is 4.99 Å². The van der Waals surface area contributed by atoms with Crippen LogP contribution in [0.2, 0.25) is 0 Å². The number of ether oxygens (including phenoxy) is 3. The molecule has 0 unspecified atom stereocenters. The molecule has 1 aliphatic heterocycles. The van der Waals surface area contributed by atoms with Crippen LogP contribution in [0.3, 0.4) is 0 Å². The number of thiazole rings is 1. The Morgan fingerprint density at radius 1 is 1.13 bits per heavy atom. The van der Waals surface area contributed by atoms with Gasteiger partial charge < -0.3 is 18.6 Å². The van der Waals surface area contributed by atoms with Crippen LogP contribution in [0.4, 0.5) is 0 Å². The monoisotopic (exact) mass is 530 g/mol. The number of nitrogens with zero attached hydrogens (tertiary/aromatic N) is 2. The molecule has 0 saturated carbocycles. The number of hydrogen-bond acceptors (Lipinski definition) is 8. The van der Waals surface area contributed by atoms with E-state index in [4.69, 9.17) is 23.6 Å². The molecule has 0 radical (unpaired) electrons. The van der Waals surface area contributed by atoms with Gasteiger partial charge in [0, 0.05) is 5.70 Å². The smallest absolute Gasteiger partial charge is 0.338 e. The van der Waals surface area contributed by atoms with Crippen LogP contribution < -0.4 is 24.4 Å². The minimum Gasteiger partial charge on any atom is -0.493 e.